The molecule has 1 aliphatic carbocycles. The van der Waals surface area contributed by atoms with Gasteiger partial charge in [0.05, 0.1) is 23.8 Å². The van der Waals surface area contributed by atoms with Crippen LogP contribution in [0.3, 0.4) is 0 Å². The first-order chi connectivity index (χ1) is 12.9. The Morgan fingerprint density at radius 3 is 2.70 bits per heavy atom. The van der Waals surface area contributed by atoms with Gasteiger partial charge in [0, 0.05) is 17.1 Å². The van der Waals surface area contributed by atoms with Gasteiger partial charge < -0.3 is 25.7 Å². The summed E-state index contributed by atoms with van der Waals surface area (Å²) in [7, 11) is 0. The van der Waals surface area contributed by atoms with Crippen LogP contribution in [-0.4, -0.2) is 39.6 Å². The zero-order valence-corrected chi connectivity index (χ0v) is 16.0. The van der Waals surface area contributed by atoms with Gasteiger partial charge in [-0.2, -0.15) is 0 Å². The molecular weight excluding hydrogens is 368 g/mol. The zero-order chi connectivity index (χ0) is 19.4. The first kappa shape index (κ1) is 20.1. The van der Waals surface area contributed by atoms with Crippen LogP contribution in [0, 0.1) is 0 Å². The number of nitrogens with two attached hydrogens (primary N) is 1. The van der Waals surface area contributed by atoms with Crippen molar-refractivity contribution in [2.24, 2.45) is 5.73 Å². The van der Waals surface area contributed by atoms with Gasteiger partial charge in [-0.3, -0.25) is 4.79 Å². The number of halogens is 1. The maximum atomic E-state index is 11.9. The number of benzene rings is 1. The van der Waals surface area contributed by atoms with Crippen molar-refractivity contribution in [1.29, 1.82) is 0 Å². The number of nitrogens with one attached hydrogen (secondary N) is 1. The second-order valence-electron chi connectivity index (χ2n) is 7.60. The molecule has 1 saturated carbocycles. The van der Waals surface area contributed by atoms with Crippen LogP contribution in [0.2, 0.25) is 5.02 Å². The number of rotatable bonds is 5. The molecule has 3 rings (SSSR count). The lowest BCUT2D eigenvalue weighted by Crippen LogP contribution is -2.45. The monoisotopic (exact) mass is 394 g/mol. The van der Waals surface area contributed by atoms with Gasteiger partial charge in [-0.25, -0.2) is 0 Å². The number of hydrogen-bond acceptors (Lipinski definition) is 5. The van der Waals surface area contributed by atoms with Gasteiger partial charge in [0.15, 0.2) is 0 Å². The molecule has 0 amide bonds. The van der Waals surface area contributed by atoms with Crippen molar-refractivity contribution in [2.75, 3.05) is 6.61 Å². The highest BCUT2D eigenvalue weighted by Gasteiger charge is 2.30. The topological polar surface area (TPSA) is 109 Å². The summed E-state index contributed by atoms with van der Waals surface area (Å²) in [5, 5.41) is 20.6. The lowest BCUT2D eigenvalue weighted by Gasteiger charge is -2.34. The minimum Gasteiger partial charge on any atom is -0.489 e. The van der Waals surface area contributed by atoms with Crippen LogP contribution in [0.25, 0.3) is 10.8 Å². The molecule has 2 aromatic rings. The van der Waals surface area contributed by atoms with Gasteiger partial charge >= 0.3 is 0 Å². The third-order valence-electron chi connectivity index (χ3n) is 5.37. The highest BCUT2D eigenvalue weighted by molar-refractivity contribution is 6.32. The number of aliphatic hydroxyl groups excluding tert-OH is 2. The molecule has 0 spiro atoms. The first-order valence-electron chi connectivity index (χ1n) is 9.46. The number of pyridine rings is 1. The molecule has 0 aliphatic heterocycles. The quantitative estimate of drug-likeness (QED) is 0.623. The highest BCUT2D eigenvalue weighted by Crippen LogP contribution is 2.33. The van der Waals surface area contributed by atoms with E-state index in [1.807, 2.05) is 12.1 Å². The van der Waals surface area contributed by atoms with Crippen molar-refractivity contribution in [3.05, 3.63) is 39.8 Å². The molecule has 7 heteroatoms. The predicted molar refractivity (Wildman–Crippen MR) is 106 cm³/mol. The standard InChI is InChI=1S/C20H27ClN2O4/c21-17-10-16-13(5-8-23-19(16)26)9-18(17)27-15-3-1-6-20(22,7-2-4-15)11-14(25)12-24/h5,8-10,14-15,24-25H,1-4,6-7,11-12,22H2,(H,23,26). The third-order valence-corrected chi connectivity index (χ3v) is 5.67. The van der Waals surface area contributed by atoms with Gasteiger partial charge in [0.1, 0.15) is 5.75 Å². The Morgan fingerprint density at radius 1 is 1.33 bits per heavy atom. The van der Waals surface area contributed by atoms with Crippen LogP contribution in [0.15, 0.2) is 29.2 Å². The van der Waals surface area contributed by atoms with Crippen LogP contribution in [0.5, 0.6) is 5.75 Å². The maximum absolute atomic E-state index is 11.9. The molecule has 6 nitrogen and oxygen atoms in total. The fourth-order valence-electron chi connectivity index (χ4n) is 3.95. The summed E-state index contributed by atoms with van der Waals surface area (Å²) in [4.78, 5) is 14.5. The fourth-order valence-corrected chi connectivity index (χ4v) is 4.16. The maximum Gasteiger partial charge on any atom is 0.255 e. The second-order valence-corrected chi connectivity index (χ2v) is 8.01. The average Bonchev–Trinajstić information content (AvgIpc) is 2.61. The molecule has 1 atom stereocenters. The van der Waals surface area contributed by atoms with Crippen molar-refractivity contribution in [2.45, 2.75) is 62.7 Å². The molecular formula is C20H27ClN2O4. The molecule has 27 heavy (non-hydrogen) atoms. The number of hydrogen-bond donors (Lipinski definition) is 4. The molecule has 1 unspecified atom stereocenters. The number of H-pyrrole nitrogens is 1. The van der Waals surface area contributed by atoms with Crippen molar-refractivity contribution >= 4 is 22.4 Å². The number of aliphatic hydroxyl groups is 2. The largest absolute Gasteiger partial charge is 0.489 e. The Balaban J connectivity index is 1.67. The predicted octanol–water partition coefficient (Wildman–Crippen LogP) is 2.72. The van der Waals surface area contributed by atoms with E-state index in [0.717, 1.165) is 43.9 Å². The number of ether oxygens (including phenoxy) is 1. The number of fused-ring (bicyclic) bond motifs is 1. The Labute approximate surface area is 163 Å². The summed E-state index contributed by atoms with van der Waals surface area (Å²) in [6, 6.07) is 5.29. The Hall–Kier alpha value is -1.60. The van der Waals surface area contributed by atoms with E-state index in [2.05, 4.69) is 4.98 Å². The average molecular weight is 395 g/mol. The van der Waals surface area contributed by atoms with Crippen molar-refractivity contribution in [1.82, 2.24) is 4.98 Å². The minimum atomic E-state index is -0.763. The first-order valence-corrected chi connectivity index (χ1v) is 9.83. The smallest absolute Gasteiger partial charge is 0.255 e. The molecule has 0 radical (unpaired) electrons. The molecule has 0 bridgehead atoms. The van der Waals surface area contributed by atoms with E-state index >= 15 is 0 Å². The van der Waals surface area contributed by atoms with Gasteiger partial charge in [-0.1, -0.05) is 11.6 Å². The summed E-state index contributed by atoms with van der Waals surface area (Å²) >= 11 is 6.34. The van der Waals surface area contributed by atoms with Crippen LogP contribution in [0.4, 0.5) is 0 Å². The molecule has 148 valence electrons. The van der Waals surface area contributed by atoms with Crippen LogP contribution < -0.4 is 16.0 Å². The molecule has 1 heterocycles. The van der Waals surface area contributed by atoms with E-state index in [4.69, 9.17) is 27.2 Å². The Kier molecular flexibility index (Phi) is 6.42. The van der Waals surface area contributed by atoms with E-state index in [-0.39, 0.29) is 18.3 Å². The zero-order valence-electron chi connectivity index (χ0n) is 15.3. The summed E-state index contributed by atoms with van der Waals surface area (Å²) in [5.41, 5.74) is 5.83. The second kappa shape index (κ2) is 8.61. The molecule has 0 saturated heterocycles. The summed E-state index contributed by atoms with van der Waals surface area (Å²) in [6.45, 7) is -0.256. The third kappa shape index (κ3) is 5.02. The molecule has 1 aromatic heterocycles. The summed E-state index contributed by atoms with van der Waals surface area (Å²) in [6.07, 6.45) is 6.31. The van der Waals surface area contributed by atoms with Crippen LogP contribution in [-0.2, 0) is 0 Å². The summed E-state index contributed by atoms with van der Waals surface area (Å²) < 4.78 is 6.17. The van der Waals surface area contributed by atoms with E-state index in [0.29, 0.717) is 22.6 Å². The molecule has 1 aromatic carbocycles. The van der Waals surface area contributed by atoms with Gasteiger partial charge in [0.25, 0.3) is 5.56 Å². The molecule has 1 aliphatic rings. The highest BCUT2D eigenvalue weighted by atomic mass is 35.5. The minimum absolute atomic E-state index is 0.0364. The number of aromatic nitrogens is 1. The fraction of sp³-hybridized carbons (Fsp3) is 0.550. The Bertz CT molecular complexity index is 828. The summed E-state index contributed by atoms with van der Waals surface area (Å²) in [5.74, 6) is 0.593. The molecule has 1 fully saturated rings. The molecule has 5 N–H and O–H groups in total. The van der Waals surface area contributed by atoms with E-state index in [1.165, 1.54) is 0 Å². The van der Waals surface area contributed by atoms with Gasteiger partial charge in [-0.05, 0) is 68.5 Å². The van der Waals surface area contributed by atoms with Crippen LogP contribution >= 0.6 is 11.6 Å². The van der Waals surface area contributed by atoms with Crippen LogP contribution in [0.1, 0.15) is 44.9 Å². The SMILES string of the molecule is NC1(CC(O)CO)CCCC(Oc2cc3cc[nH]c(=O)c3cc2Cl)CCC1. The van der Waals surface area contributed by atoms with Crippen molar-refractivity contribution in [3.8, 4) is 5.75 Å². The van der Waals surface area contributed by atoms with E-state index in [1.54, 1.807) is 12.3 Å². The number of aromatic amines is 1. The normalized spacial score (nSPS) is 25.0. The lowest BCUT2D eigenvalue weighted by molar-refractivity contribution is 0.0582. The lowest BCUT2D eigenvalue weighted by atomic mass is 9.80. The Morgan fingerprint density at radius 2 is 2.04 bits per heavy atom. The van der Waals surface area contributed by atoms with Crippen molar-refractivity contribution in [3.63, 3.8) is 0 Å². The van der Waals surface area contributed by atoms with E-state index < -0.39 is 11.6 Å². The van der Waals surface area contributed by atoms with Crippen molar-refractivity contribution < 1.29 is 14.9 Å². The van der Waals surface area contributed by atoms with Gasteiger partial charge in [0.2, 0.25) is 0 Å². The van der Waals surface area contributed by atoms with E-state index in [9.17, 15) is 9.90 Å². The van der Waals surface area contributed by atoms with Gasteiger partial charge in [-0.15, -0.1) is 0 Å².